The number of amides is 1. The van der Waals surface area contributed by atoms with Gasteiger partial charge in [-0.15, -0.1) is 18.3 Å². The minimum absolute atomic E-state index is 0.252. The SMILES string of the molecule is CC(Sc1nnnn1C1CCCCC1)C(=O)Nc1ccc(OC(F)(F)F)cc1. The molecule has 1 heterocycles. The summed E-state index contributed by atoms with van der Waals surface area (Å²) in [5.41, 5.74) is 0.374. The first-order valence-electron chi connectivity index (χ1n) is 8.93. The molecule has 0 aliphatic heterocycles. The second-order valence-corrected chi connectivity index (χ2v) is 7.83. The molecular formula is C17H20F3N5O2S. The number of nitrogens with one attached hydrogen (secondary N) is 1. The molecule has 7 nitrogen and oxygen atoms in total. The van der Waals surface area contributed by atoms with Crippen LogP contribution in [0.5, 0.6) is 5.75 Å². The Morgan fingerprint density at radius 3 is 2.57 bits per heavy atom. The minimum atomic E-state index is -4.75. The zero-order chi connectivity index (χ0) is 20.1. The molecule has 2 aromatic rings. The van der Waals surface area contributed by atoms with Gasteiger partial charge in [-0.2, -0.15) is 0 Å². The molecule has 1 aliphatic carbocycles. The van der Waals surface area contributed by atoms with E-state index in [1.54, 1.807) is 11.6 Å². The van der Waals surface area contributed by atoms with Crippen molar-refractivity contribution in [3.8, 4) is 5.75 Å². The molecule has 3 rings (SSSR count). The Labute approximate surface area is 164 Å². The molecule has 1 saturated carbocycles. The number of nitrogens with zero attached hydrogens (tertiary/aromatic N) is 4. The number of aromatic nitrogens is 4. The van der Waals surface area contributed by atoms with Crippen LogP contribution >= 0.6 is 11.8 Å². The van der Waals surface area contributed by atoms with Gasteiger partial charge in [0.2, 0.25) is 11.1 Å². The smallest absolute Gasteiger partial charge is 0.406 e. The summed E-state index contributed by atoms with van der Waals surface area (Å²) in [7, 11) is 0. The maximum absolute atomic E-state index is 12.4. The lowest BCUT2D eigenvalue weighted by Gasteiger charge is -2.22. The van der Waals surface area contributed by atoms with Crippen LogP contribution in [-0.2, 0) is 4.79 Å². The third-order valence-electron chi connectivity index (χ3n) is 4.39. The molecule has 1 fully saturated rings. The van der Waals surface area contributed by atoms with Crippen molar-refractivity contribution < 1.29 is 22.7 Å². The second kappa shape index (κ2) is 8.80. The van der Waals surface area contributed by atoms with Gasteiger partial charge in [-0.1, -0.05) is 31.0 Å². The third kappa shape index (κ3) is 5.60. The molecule has 1 atom stereocenters. The number of halogens is 3. The molecular weight excluding hydrogens is 395 g/mol. The maximum atomic E-state index is 12.4. The number of hydrogen-bond acceptors (Lipinski definition) is 6. The van der Waals surface area contributed by atoms with Crippen LogP contribution in [0.1, 0.15) is 45.1 Å². The van der Waals surface area contributed by atoms with Gasteiger partial charge < -0.3 is 10.1 Å². The average molecular weight is 415 g/mol. The van der Waals surface area contributed by atoms with Crippen LogP contribution in [0.4, 0.5) is 18.9 Å². The molecule has 28 heavy (non-hydrogen) atoms. The van der Waals surface area contributed by atoms with E-state index in [0.29, 0.717) is 10.8 Å². The molecule has 1 N–H and O–H groups in total. The van der Waals surface area contributed by atoms with Crippen LogP contribution in [0.2, 0.25) is 0 Å². The molecule has 152 valence electrons. The van der Waals surface area contributed by atoms with Crippen LogP contribution in [-0.4, -0.2) is 37.7 Å². The summed E-state index contributed by atoms with van der Waals surface area (Å²) in [5.74, 6) is -0.646. The predicted octanol–water partition coefficient (Wildman–Crippen LogP) is 4.20. The zero-order valence-electron chi connectivity index (χ0n) is 15.1. The summed E-state index contributed by atoms with van der Waals surface area (Å²) < 4.78 is 42.2. The Morgan fingerprint density at radius 1 is 1.25 bits per heavy atom. The fourth-order valence-corrected chi connectivity index (χ4v) is 3.87. The second-order valence-electron chi connectivity index (χ2n) is 6.52. The summed E-state index contributed by atoms with van der Waals surface area (Å²) in [6.07, 6.45) is 0.777. The Morgan fingerprint density at radius 2 is 1.93 bits per heavy atom. The number of anilines is 1. The number of rotatable bonds is 6. The summed E-state index contributed by atoms with van der Waals surface area (Å²) in [6, 6.07) is 5.24. The number of carbonyl (C=O) groups excluding carboxylic acids is 1. The molecule has 0 radical (unpaired) electrons. The molecule has 1 aromatic heterocycles. The highest BCUT2D eigenvalue weighted by atomic mass is 32.2. The van der Waals surface area contributed by atoms with Crippen LogP contribution < -0.4 is 10.1 Å². The Balaban J connectivity index is 1.57. The number of hydrogen-bond donors (Lipinski definition) is 1. The number of benzene rings is 1. The van der Waals surface area contributed by atoms with Crippen molar-refractivity contribution in [2.24, 2.45) is 0 Å². The number of ether oxygens (including phenoxy) is 1. The summed E-state index contributed by atoms with van der Waals surface area (Å²) in [6.45, 7) is 1.72. The van der Waals surface area contributed by atoms with E-state index in [2.05, 4.69) is 25.6 Å². The molecule has 0 spiro atoms. The molecule has 11 heteroatoms. The number of alkyl halides is 3. The highest BCUT2D eigenvalue weighted by Gasteiger charge is 2.31. The van der Waals surface area contributed by atoms with Crippen molar-refractivity contribution in [2.75, 3.05) is 5.32 Å². The molecule has 1 unspecified atom stereocenters. The van der Waals surface area contributed by atoms with E-state index in [1.807, 2.05) is 0 Å². The van der Waals surface area contributed by atoms with Gasteiger partial charge in [0.1, 0.15) is 5.75 Å². The molecule has 1 aromatic carbocycles. The van der Waals surface area contributed by atoms with Gasteiger partial charge >= 0.3 is 6.36 Å². The molecule has 0 bridgehead atoms. The summed E-state index contributed by atoms with van der Waals surface area (Å²) in [4.78, 5) is 12.4. The lowest BCUT2D eigenvalue weighted by atomic mass is 9.96. The van der Waals surface area contributed by atoms with E-state index >= 15 is 0 Å². The van der Waals surface area contributed by atoms with Crippen LogP contribution in [0.25, 0.3) is 0 Å². The highest BCUT2D eigenvalue weighted by Crippen LogP contribution is 2.31. The Hall–Kier alpha value is -2.30. The van der Waals surface area contributed by atoms with Crippen molar-refractivity contribution >= 4 is 23.4 Å². The van der Waals surface area contributed by atoms with E-state index in [1.165, 1.54) is 30.3 Å². The fraction of sp³-hybridized carbons (Fsp3) is 0.529. The standard InChI is InChI=1S/C17H20F3N5O2S/c1-11(28-16-22-23-24-25(16)13-5-3-2-4-6-13)15(26)21-12-7-9-14(10-8-12)27-17(18,19)20/h7-11,13H,2-6H2,1H3,(H,21,26). The molecule has 0 saturated heterocycles. The minimum Gasteiger partial charge on any atom is -0.406 e. The van der Waals surface area contributed by atoms with Crippen molar-refractivity contribution in [2.45, 2.75) is 61.8 Å². The van der Waals surface area contributed by atoms with E-state index in [-0.39, 0.29) is 17.7 Å². The quantitative estimate of drug-likeness (QED) is 0.713. The maximum Gasteiger partial charge on any atom is 0.573 e. The van der Waals surface area contributed by atoms with Gasteiger partial charge in [-0.3, -0.25) is 4.79 Å². The van der Waals surface area contributed by atoms with E-state index in [4.69, 9.17) is 0 Å². The average Bonchev–Trinajstić information content (AvgIpc) is 3.11. The first kappa shape index (κ1) is 20.4. The Kier molecular flexibility index (Phi) is 6.42. The van der Waals surface area contributed by atoms with Crippen molar-refractivity contribution in [3.63, 3.8) is 0 Å². The van der Waals surface area contributed by atoms with Crippen LogP contribution in [0.3, 0.4) is 0 Å². The fourth-order valence-electron chi connectivity index (χ4n) is 3.01. The number of thioether (sulfide) groups is 1. The lowest BCUT2D eigenvalue weighted by molar-refractivity contribution is -0.274. The van der Waals surface area contributed by atoms with Crippen LogP contribution in [0.15, 0.2) is 29.4 Å². The van der Waals surface area contributed by atoms with Gasteiger partial charge in [0, 0.05) is 5.69 Å². The van der Waals surface area contributed by atoms with E-state index in [9.17, 15) is 18.0 Å². The van der Waals surface area contributed by atoms with E-state index < -0.39 is 11.6 Å². The first-order valence-corrected chi connectivity index (χ1v) is 9.81. The van der Waals surface area contributed by atoms with Crippen molar-refractivity contribution in [1.82, 2.24) is 20.2 Å². The van der Waals surface area contributed by atoms with Gasteiger partial charge in [0.25, 0.3) is 0 Å². The first-order chi connectivity index (χ1) is 13.3. The Bertz CT molecular complexity index is 791. The normalized spacial score (nSPS) is 16.6. The van der Waals surface area contributed by atoms with Gasteiger partial charge in [-0.05, 0) is 54.5 Å². The van der Waals surface area contributed by atoms with Gasteiger partial charge in [-0.25, -0.2) is 4.68 Å². The number of carbonyl (C=O) groups is 1. The molecule has 1 aliphatic rings. The number of tetrazole rings is 1. The summed E-state index contributed by atoms with van der Waals surface area (Å²) >= 11 is 1.25. The topological polar surface area (TPSA) is 81.9 Å². The highest BCUT2D eigenvalue weighted by molar-refractivity contribution is 8.00. The largest absolute Gasteiger partial charge is 0.573 e. The predicted molar refractivity (Wildman–Crippen MR) is 97.0 cm³/mol. The van der Waals surface area contributed by atoms with Crippen LogP contribution in [0, 0.1) is 0 Å². The van der Waals surface area contributed by atoms with Crippen molar-refractivity contribution in [3.05, 3.63) is 24.3 Å². The molecule has 1 amide bonds. The van der Waals surface area contributed by atoms with E-state index in [0.717, 1.165) is 37.8 Å². The third-order valence-corrected chi connectivity index (χ3v) is 5.44. The van der Waals surface area contributed by atoms with Crippen molar-refractivity contribution in [1.29, 1.82) is 0 Å². The van der Waals surface area contributed by atoms with Gasteiger partial charge in [0.15, 0.2) is 0 Å². The lowest BCUT2D eigenvalue weighted by Crippen LogP contribution is -2.23. The monoisotopic (exact) mass is 415 g/mol. The zero-order valence-corrected chi connectivity index (χ0v) is 16.0. The summed E-state index contributed by atoms with van der Waals surface area (Å²) in [5, 5.41) is 14.6. The van der Waals surface area contributed by atoms with Gasteiger partial charge in [0.05, 0.1) is 11.3 Å².